The molecule has 0 aliphatic carbocycles. The van der Waals surface area contributed by atoms with Gasteiger partial charge in [0, 0.05) is 24.8 Å². The Bertz CT molecular complexity index is 429. The van der Waals surface area contributed by atoms with Crippen LogP contribution >= 0.6 is 0 Å². The second-order valence-electron chi connectivity index (χ2n) is 5.81. The topological polar surface area (TPSA) is 32.5 Å². The zero-order valence-electron chi connectivity index (χ0n) is 11.3. The first kappa shape index (κ1) is 12.9. The maximum absolute atomic E-state index is 13.4. The molecule has 0 bridgehead atoms. The fraction of sp³-hybridized carbons (Fsp3) is 0.600. The smallest absolute Gasteiger partial charge is 0.125 e. The molecule has 0 aromatic heterocycles. The van der Waals surface area contributed by atoms with Crippen molar-refractivity contribution in [2.24, 2.45) is 0 Å². The number of hydrogen-bond acceptors (Lipinski definition) is 3. The molecule has 1 atom stereocenters. The molecule has 2 N–H and O–H groups in total. The highest BCUT2D eigenvalue weighted by molar-refractivity contribution is 5.41. The van der Waals surface area contributed by atoms with Gasteiger partial charge in [0.05, 0.1) is 0 Å². The standard InChI is InChI=1S/C15H22FN3/c16-13-7-12(8-14(17)9-13)10-18-4-2-6-19-5-1-3-15(19)11-18/h7-9,15H,1-6,10-11,17H2. The average molecular weight is 263 g/mol. The lowest BCUT2D eigenvalue weighted by atomic mass is 10.1. The molecule has 2 aliphatic rings. The number of hydrogen-bond donors (Lipinski definition) is 1. The maximum atomic E-state index is 13.4. The Morgan fingerprint density at radius 3 is 2.84 bits per heavy atom. The predicted molar refractivity (Wildman–Crippen MR) is 75.3 cm³/mol. The van der Waals surface area contributed by atoms with Crippen molar-refractivity contribution < 1.29 is 4.39 Å². The number of fused-ring (bicyclic) bond motifs is 1. The number of nitrogens with zero attached hydrogens (tertiary/aromatic N) is 2. The molecule has 1 aromatic carbocycles. The lowest BCUT2D eigenvalue weighted by molar-refractivity contribution is 0.215. The summed E-state index contributed by atoms with van der Waals surface area (Å²) in [6.07, 6.45) is 3.84. The third-order valence-corrected chi connectivity index (χ3v) is 4.27. The van der Waals surface area contributed by atoms with Gasteiger partial charge in [0.25, 0.3) is 0 Å². The van der Waals surface area contributed by atoms with Gasteiger partial charge in [0.1, 0.15) is 5.82 Å². The van der Waals surface area contributed by atoms with Gasteiger partial charge in [0.15, 0.2) is 0 Å². The Labute approximate surface area is 114 Å². The first-order valence-electron chi connectivity index (χ1n) is 7.22. The quantitative estimate of drug-likeness (QED) is 0.829. The largest absolute Gasteiger partial charge is 0.399 e. The molecule has 1 aromatic rings. The van der Waals surface area contributed by atoms with Gasteiger partial charge in [-0.15, -0.1) is 0 Å². The summed E-state index contributed by atoms with van der Waals surface area (Å²) >= 11 is 0. The summed E-state index contributed by atoms with van der Waals surface area (Å²) in [6.45, 7) is 5.49. The zero-order chi connectivity index (χ0) is 13.2. The van der Waals surface area contributed by atoms with Crippen LogP contribution < -0.4 is 5.73 Å². The van der Waals surface area contributed by atoms with Gasteiger partial charge in [-0.1, -0.05) is 0 Å². The minimum absolute atomic E-state index is 0.229. The van der Waals surface area contributed by atoms with Gasteiger partial charge in [-0.25, -0.2) is 4.39 Å². The van der Waals surface area contributed by atoms with Crippen LogP contribution in [0.3, 0.4) is 0 Å². The lowest BCUT2D eigenvalue weighted by Crippen LogP contribution is -2.36. The van der Waals surface area contributed by atoms with Gasteiger partial charge in [-0.05, 0) is 62.7 Å². The van der Waals surface area contributed by atoms with Crippen molar-refractivity contribution >= 4 is 5.69 Å². The molecule has 0 spiro atoms. The molecule has 3 nitrogen and oxygen atoms in total. The Hall–Kier alpha value is -1.13. The highest BCUT2D eigenvalue weighted by atomic mass is 19.1. The van der Waals surface area contributed by atoms with Crippen LogP contribution in [0.2, 0.25) is 0 Å². The molecule has 2 saturated heterocycles. The Balaban J connectivity index is 1.68. The van der Waals surface area contributed by atoms with Crippen molar-refractivity contribution in [3.8, 4) is 0 Å². The maximum Gasteiger partial charge on any atom is 0.125 e. The monoisotopic (exact) mass is 263 g/mol. The SMILES string of the molecule is Nc1cc(F)cc(CN2CCCN3CCCC3C2)c1. The normalized spacial score (nSPS) is 25.2. The van der Waals surface area contributed by atoms with E-state index in [1.54, 1.807) is 6.07 Å². The van der Waals surface area contributed by atoms with Gasteiger partial charge >= 0.3 is 0 Å². The second kappa shape index (κ2) is 5.47. The molecular formula is C15H22FN3. The predicted octanol–water partition coefficient (Wildman–Crippen LogP) is 2.08. The first-order chi connectivity index (χ1) is 9.20. The molecule has 0 saturated carbocycles. The molecule has 0 amide bonds. The summed E-state index contributed by atoms with van der Waals surface area (Å²) in [6, 6.07) is 5.58. The van der Waals surface area contributed by atoms with Crippen molar-refractivity contribution in [2.75, 3.05) is 31.9 Å². The third-order valence-electron chi connectivity index (χ3n) is 4.27. The van der Waals surface area contributed by atoms with E-state index in [2.05, 4.69) is 9.80 Å². The van der Waals surface area contributed by atoms with Crippen LogP contribution in [0.15, 0.2) is 18.2 Å². The molecule has 2 fully saturated rings. The lowest BCUT2D eigenvalue weighted by Gasteiger charge is -2.25. The molecule has 104 valence electrons. The highest BCUT2D eigenvalue weighted by Gasteiger charge is 2.28. The fourth-order valence-electron chi connectivity index (χ4n) is 3.45. The number of halogens is 1. The number of anilines is 1. The van der Waals surface area contributed by atoms with Crippen LogP contribution in [-0.2, 0) is 6.54 Å². The summed E-state index contributed by atoms with van der Waals surface area (Å²) in [5.41, 5.74) is 7.22. The zero-order valence-corrected chi connectivity index (χ0v) is 11.3. The van der Waals surface area contributed by atoms with E-state index in [0.717, 1.165) is 25.2 Å². The van der Waals surface area contributed by atoms with Crippen molar-refractivity contribution in [1.82, 2.24) is 9.80 Å². The van der Waals surface area contributed by atoms with Crippen LogP contribution in [0.4, 0.5) is 10.1 Å². The Kier molecular flexibility index (Phi) is 3.71. The third kappa shape index (κ3) is 3.07. The molecule has 4 heteroatoms. The first-order valence-corrected chi connectivity index (χ1v) is 7.22. The summed E-state index contributed by atoms with van der Waals surface area (Å²) < 4.78 is 13.4. The van der Waals surface area contributed by atoms with Gasteiger partial charge < -0.3 is 5.73 Å². The Morgan fingerprint density at radius 1 is 1.16 bits per heavy atom. The van der Waals surface area contributed by atoms with E-state index < -0.39 is 0 Å². The minimum atomic E-state index is -0.229. The van der Waals surface area contributed by atoms with Crippen LogP contribution in [0.1, 0.15) is 24.8 Å². The highest BCUT2D eigenvalue weighted by Crippen LogP contribution is 2.22. The molecule has 3 rings (SSSR count). The fourth-order valence-corrected chi connectivity index (χ4v) is 3.45. The van der Waals surface area contributed by atoms with Crippen molar-refractivity contribution in [2.45, 2.75) is 31.8 Å². The Morgan fingerprint density at radius 2 is 2.00 bits per heavy atom. The van der Waals surface area contributed by atoms with Crippen LogP contribution in [0.5, 0.6) is 0 Å². The van der Waals surface area contributed by atoms with E-state index in [0.29, 0.717) is 11.7 Å². The molecule has 2 aliphatic heterocycles. The number of benzene rings is 1. The van der Waals surface area contributed by atoms with Crippen molar-refractivity contribution in [3.05, 3.63) is 29.6 Å². The van der Waals surface area contributed by atoms with E-state index in [1.807, 2.05) is 6.07 Å². The summed E-state index contributed by atoms with van der Waals surface area (Å²) in [5.74, 6) is -0.229. The van der Waals surface area contributed by atoms with Gasteiger partial charge in [-0.2, -0.15) is 0 Å². The van der Waals surface area contributed by atoms with Gasteiger partial charge in [0.2, 0.25) is 0 Å². The number of rotatable bonds is 2. The van der Waals surface area contributed by atoms with Gasteiger partial charge in [-0.3, -0.25) is 9.80 Å². The number of nitrogens with two attached hydrogens (primary N) is 1. The summed E-state index contributed by atoms with van der Waals surface area (Å²) in [5, 5.41) is 0. The van der Waals surface area contributed by atoms with Crippen molar-refractivity contribution in [3.63, 3.8) is 0 Å². The van der Waals surface area contributed by atoms with Crippen LogP contribution in [-0.4, -0.2) is 42.0 Å². The van der Waals surface area contributed by atoms with Crippen LogP contribution in [0.25, 0.3) is 0 Å². The van der Waals surface area contributed by atoms with E-state index in [-0.39, 0.29) is 5.82 Å². The molecular weight excluding hydrogens is 241 g/mol. The van der Waals surface area contributed by atoms with Crippen LogP contribution in [0, 0.1) is 5.82 Å². The van der Waals surface area contributed by atoms with E-state index in [1.165, 1.54) is 38.4 Å². The van der Waals surface area contributed by atoms with E-state index in [9.17, 15) is 4.39 Å². The molecule has 19 heavy (non-hydrogen) atoms. The molecule has 1 unspecified atom stereocenters. The minimum Gasteiger partial charge on any atom is -0.399 e. The van der Waals surface area contributed by atoms with E-state index >= 15 is 0 Å². The number of nitrogen functional groups attached to an aromatic ring is 1. The average Bonchev–Trinajstić information content (AvgIpc) is 2.67. The molecule has 0 radical (unpaired) electrons. The van der Waals surface area contributed by atoms with Crippen molar-refractivity contribution in [1.29, 1.82) is 0 Å². The second-order valence-corrected chi connectivity index (χ2v) is 5.81. The van der Waals surface area contributed by atoms with E-state index in [4.69, 9.17) is 5.73 Å². The summed E-state index contributed by atoms with van der Waals surface area (Å²) in [4.78, 5) is 5.06. The molecule has 2 heterocycles. The summed E-state index contributed by atoms with van der Waals surface area (Å²) in [7, 11) is 0.